The number of aliphatic hydroxyl groups excluding tert-OH is 1. The van der Waals surface area contributed by atoms with Crippen molar-refractivity contribution in [3.05, 3.63) is 0 Å². The average molecular weight is 199 g/mol. The van der Waals surface area contributed by atoms with E-state index in [-0.39, 0.29) is 24.2 Å². The first-order valence-electron chi connectivity index (χ1n) is 5.26. The SMILES string of the molecule is CC(=O)O[C@@H]1CCN2CC[C@H](O)C[C@@H]12. The smallest absolute Gasteiger partial charge is 0.302 e. The maximum atomic E-state index is 10.9. The van der Waals surface area contributed by atoms with Crippen molar-refractivity contribution in [3.63, 3.8) is 0 Å². The van der Waals surface area contributed by atoms with Crippen molar-refractivity contribution in [3.8, 4) is 0 Å². The average Bonchev–Trinajstić information content (AvgIpc) is 2.47. The molecule has 80 valence electrons. The molecule has 2 saturated heterocycles. The van der Waals surface area contributed by atoms with Crippen LogP contribution in [0.5, 0.6) is 0 Å². The topological polar surface area (TPSA) is 49.8 Å². The Morgan fingerprint density at radius 2 is 2.14 bits per heavy atom. The molecule has 0 amide bonds. The molecule has 0 radical (unpaired) electrons. The van der Waals surface area contributed by atoms with E-state index in [0.29, 0.717) is 0 Å². The van der Waals surface area contributed by atoms with Gasteiger partial charge in [0.25, 0.3) is 0 Å². The molecule has 2 aliphatic heterocycles. The molecule has 0 unspecified atom stereocenters. The Kier molecular flexibility index (Phi) is 2.74. The number of aliphatic hydroxyl groups is 1. The van der Waals surface area contributed by atoms with E-state index < -0.39 is 0 Å². The molecule has 2 aliphatic rings. The lowest BCUT2D eigenvalue weighted by Crippen LogP contribution is -2.45. The summed E-state index contributed by atoms with van der Waals surface area (Å²) in [7, 11) is 0. The Bertz CT molecular complexity index is 231. The van der Waals surface area contributed by atoms with Gasteiger partial charge in [-0.3, -0.25) is 9.69 Å². The molecular weight excluding hydrogens is 182 g/mol. The van der Waals surface area contributed by atoms with Gasteiger partial charge in [-0.25, -0.2) is 0 Å². The quantitative estimate of drug-likeness (QED) is 0.611. The highest BCUT2D eigenvalue weighted by Crippen LogP contribution is 2.29. The number of carbonyl (C=O) groups excluding carboxylic acids is 1. The summed E-state index contributed by atoms with van der Waals surface area (Å²) in [6, 6.07) is 0.252. The molecule has 2 heterocycles. The fourth-order valence-corrected chi connectivity index (χ4v) is 2.53. The molecule has 4 nitrogen and oxygen atoms in total. The highest BCUT2D eigenvalue weighted by molar-refractivity contribution is 5.66. The summed E-state index contributed by atoms with van der Waals surface area (Å²) < 4.78 is 5.24. The lowest BCUT2D eigenvalue weighted by atomic mass is 9.98. The minimum atomic E-state index is -0.215. The summed E-state index contributed by atoms with van der Waals surface area (Å²) in [6.07, 6.45) is 2.30. The number of ether oxygens (including phenoxy) is 1. The number of nitrogens with zero attached hydrogens (tertiary/aromatic N) is 1. The third-order valence-electron chi connectivity index (χ3n) is 3.18. The fraction of sp³-hybridized carbons (Fsp3) is 0.900. The standard InChI is InChI=1S/C10H17NO3/c1-7(12)14-10-3-5-11-4-2-8(13)6-9(10)11/h8-10,13H,2-6H2,1H3/t8-,9-,10+/m0/s1. The van der Waals surface area contributed by atoms with Crippen molar-refractivity contribution in [2.24, 2.45) is 0 Å². The zero-order valence-corrected chi connectivity index (χ0v) is 8.48. The summed E-state index contributed by atoms with van der Waals surface area (Å²) in [5, 5.41) is 9.54. The van der Waals surface area contributed by atoms with E-state index in [4.69, 9.17) is 4.74 Å². The maximum Gasteiger partial charge on any atom is 0.302 e. The van der Waals surface area contributed by atoms with Gasteiger partial charge >= 0.3 is 5.97 Å². The van der Waals surface area contributed by atoms with Crippen molar-refractivity contribution in [2.45, 2.75) is 44.4 Å². The van der Waals surface area contributed by atoms with E-state index in [1.807, 2.05) is 0 Å². The minimum absolute atomic E-state index is 0.00227. The molecule has 0 aromatic rings. The van der Waals surface area contributed by atoms with Gasteiger partial charge in [0.05, 0.1) is 6.10 Å². The van der Waals surface area contributed by atoms with Gasteiger partial charge in [-0.2, -0.15) is 0 Å². The van der Waals surface area contributed by atoms with Crippen LogP contribution < -0.4 is 0 Å². The lowest BCUT2D eigenvalue weighted by Gasteiger charge is -2.34. The van der Waals surface area contributed by atoms with Gasteiger partial charge in [-0.15, -0.1) is 0 Å². The van der Waals surface area contributed by atoms with Gasteiger partial charge in [-0.05, 0) is 19.3 Å². The van der Waals surface area contributed by atoms with Crippen molar-refractivity contribution < 1.29 is 14.6 Å². The zero-order valence-electron chi connectivity index (χ0n) is 8.48. The second-order valence-corrected chi connectivity index (χ2v) is 4.22. The third-order valence-corrected chi connectivity index (χ3v) is 3.18. The van der Waals surface area contributed by atoms with Crippen molar-refractivity contribution in [1.82, 2.24) is 4.90 Å². The first kappa shape index (κ1) is 9.93. The molecule has 0 bridgehead atoms. The van der Waals surface area contributed by atoms with Gasteiger partial charge < -0.3 is 9.84 Å². The molecule has 0 aromatic carbocycles. The maximum absolute atomic E-state index is 10.9. The summed E-state index contributed by atoms with van der Waals surface area (Å²) >= 11 is 0. The number of hydrogen-bond acceptors (Lipinski definition) is 4. The number of esters is 1. The Morgan fingerprint density at radius 3 is 2.86 bits per heavy atom. The van der Waals surface area contributed by atoms with Crippen LogP contribution in [0, 0.1) is 0 Å². The first-order chi connectivity index (χ1) is 6.66. The molecule has 3 atom stereocenters. The number of hydrogen-bond donors (Lipinski definition) is 1. The second kappa shape index (κ2) is 3.87. The van der Waals surface area contributed by atoms with Crippen LogP contribution in [0.1, 0.15) is 26.2 Å². The van der Waals surface area contributed by atoms with Crippen LogP contribution in [0.2, 0.25) is 0 Å². The van der Waals surface area contributed by atoms with Crippen LogP contribution in [0.25, 0.3) is 0 Å². The lowest BCUT2D eigenvalue weighted by molar-refractivity contribution is -0.148. The summed E-state index contributed by atoms with van der Waals surface area (Å²) in [5.41, 5.74) is 0. The molecule has 14 heavy (non-hydrogen) atoms. The Balaban J connectivity index is 1.97. The van der Waals surface area contributed by atoms with Gasteiger partial charge in [0.2, 0.25) is 0 Å². The highest BCUT2D eigenvalue weighted by Gasteiger charge is 2.39. The summed E-state index contributed by atoms with van der Waals surface area (Å²) in [6.45, 7) is 3.38. The van der Waals surface area contributed by atoms with Gasteiger partial charge in [0, 0.05) is 26.1 Å². The van der Waals surface area contributed by atoms with Crippen LogP contribution in [0.4, 0.5) is 0 Å². The Labute approximate surface area is 83.8 Å². The number of carbonyl (C=O) groups is 1. The normalized spacial score (nSPS) is 38.0. The first-order valence-corrected chi connectivity index (χ1v) is 5.26. The van der Waals surface area contributed by atoms with Crippen LogP contribution in [0.15, 0.2) is 0 Å². The van der Waals surface area contributed by atoms with Crippen LogP contribution in [0.3, 0.4) is 0 Å². The van der Waals surface area contributed by atoms with Crippen LogP contribution in [-0.2, 0) is 9.53 Å². The number of piperidine rings is 1. The van der Waals surface area contributed by atoms with E-state index in [9.17, 15) is 9.90 Å². The highest BCUT2D eigenvalue weighted by atomic mass is 16.5. The third kappa shape index (κ3) is 1.91. The van der Waals surface area contributed by atoms with E-state index in [1.165, 1.54) is 6.92 Å². The molecule has 1 N–H and O–H groups in total. The Morgan fingerprint density at radius 1 is 1.43 bits per heavy atom. The Hall–Kier alpha value is -0.610. The van der Waals surface area contributed by atoms with E-state index in [2.05, 4.69) is 4.90 Å². The summed E-state index contributed by atoms with van der Waals surface area (Å²) in [4.78, 5) is 13.2. The minimum Gasteiger partial charge on any atom is -0.461 e. The fourth-order valence-electron chi connectivity index (χ4n) is 2.53. The largest absolute Gasteiger partial charge is 0.461 e. The van der Waals surface area contributed by atoms with E-state index in [1.54, 1.807) is 0 Å². The summed E-state index contributed by atoms with van der Waals surface area (Å²) in [5.74, 6) is -0.211. The van der Waals surface area contributed by atoms with Crippen molar-refractivity contribution in [2.75, 3.05) is 13.1 Å². The number of rotatable bonds is 1. The van der Waals surface area contributed by atoms with Gasteiger partial charge in [0.15, 0.2) is 0 Å². The molecule has 0 spiro atoms. The molecule has 4 heteroatoms. The zero-order chi connectivity index (χ0) is 10.1. The molecule has 2 rings (SSSR count). The van der Waals surface area contributed by atoms with Gasteiger partial charge in [-0.1, -0.05) is 0 Å². The number of fused-ring (bicyclic) bond motifs is 1. The molecule has 2 fully saturated rings. The second-order valence-electron chi connectivity index (χ2n) is 4.22. The van der Waals surface area contributed by atoms with E-state index >= 15 is 0 Å². The van der Waals surface area contributed by atoms with Crippen LogP contribution in [-0.4, -0.2) is 47.3 Å². The van der Waals surface area contributed by atoms with E-state index in [0.717, 1.165) is 32.4 Å². The van der Waals surface area contributed by atoms with Gasteiger partial charge in [0.1, 0.15) is 6.10 Å². The molecule has 0 aliphatic carbocycles. The molecule has 0 saturated carbocycles. The van der Waals surface area contributed by atoms with Crippen molar-refractivity contribution in [1.29, 1.82) is 0 Å². The van der Waals surface area contributed by atoms with Crippen molar-refractivity contribution >= 4 is 5.97 Å². The predicted molar refractivity (Wildman–Crippen MR) is 50.8 cm³/mol. The molecule has 0 aromatic heterocycles. The van der Waals surface area contributed by atoms with Crippen LogP contribution >= 0.6 is 0 Å². The monoisotopic (exact) mass is 199 g/mol. The molecular formula is C10H17NO3. The predicted octanol–water partition coefficient (Wildman–Crippen LogP) is 0.147.